The summed E-state index contributed by atoms with van der Waals surface area (Å²) in [4.78, 5) is 83.8. The highest BCUT2D eigenvalue weighted by molar-refractivity contribution is 6.33. The normalized spacial score (nSPS) is 11.3. The van der Waals surface area contributed by atoms with Crippen LogP contribution in [0.25, 0.3) is 44.1 Å². The van der Waals surface area contributed by atoms with Crippen molar-refractivity contribution in [2.24, 2.45) is 5.73 Å². The summed E-state index contributed by atoms with van der Waals surface area (Å²) in [6, 6.07) is 59.5. The van der Waals surface area contributed by atoms with Gasteiger partial charge in [-0.3, -0.25) is 24.2 Å². The van der Waals surface area contributed by atoms with Crippen LogP contribution in [0.1, 0.15) is 69.4 Å². The van der Waals surface area contributed by atoms with Gasteiger partial charge in [0, 0.05) is 82.9 Å². The number of nitrogens with zero attached hydrogens (tertiary/aromatic N) is 9. The number of rotatable bonds is 26. The van der Waals surface area contributed by atoms with Gasteiger partial charge in [-0.15, -0.1) is 0 Å². The van der Waals surface area contributed by atoms with Crippen LogP contribution in [0.5, 0.6) is 63.6 Å². The lowest BCUT2D eigenvalue weighted by Crippen LogP contribution is -2.14. The summed E-state index contributed by atoms with van der Waals surface area (Å²) >= 11 is 22.4. The van der Waals surface area contributed by atoms with Crippen molar-refractivity contribution >= 4 is 137 Å². The van der Waals surface area contributed by atoms with Gasteiger partial charge >= 0.3 is 24.7 Å². The number of amides is 4. The van der Waals surface area contributed by atoms with E-state index in [2.05, 4.69) is 61.1 Å². The first kappa shape index (κ1) is 101. The SMILES string of the molecule is COCCOc1cnc2ccc(Oc3ccc(NC(=O)c4ccc(Cl)c(C(F)(F)F)c4)cc3)cc2n1.N#Cc1cnc2ccc(Oc3ccc(NC(=O)c4ccc(Cl)c(C(F)(F)F)c4)cc3)cc2n1.NCCOc1cnc2ccc(Oc3ccc(NC(=O)c4ccc(Cl)c(C(F)(F)F)c4)cc3)cc2n1.O=C(Nc1ccc(Oc2ccc3ncc(OCCO)nc3c2)cc1)c1ccc(Cl)c(C(F)(F)F)c1. The monoisotopic (exact) mass is 1990 g/mol. The Morgan fingerprint density at radius 2 is 0.583 bits per heavy atom. The van der Waals surface area contributed by atoms with Crippen LogP contribution in [0.4, 0.5) is 75.4 Å². The van der Waals surface area contributed by atoms with Crippen molar-refractivity contribution in [3.8, 4) is 69.7 Å². The van der Waals surface area contributed by atoms with Gasteiger partial charge in [0.05, 0.1) is 124 Å². The third-order valence-electron chi connectivity index (χ3n) is 18.9. The summed E-state index contributed by atoms with van der Waals surface area (Å²) in [7, 11) is 1.58. The van der Waals surface area contributed by atoms with Crippen molar-refractivity contribution in [2.45, 2.75) is 24.7 Å². The number of methoxy groups -OCH3 is 1. The molecular weight excluding hydrogens is 1930 g/mol. The first-order valence-electron chi connectivity index (χ1n) is 40.4. The van der Waals surface area contributed by atoms with Gasteiger partial charge in [0.25, 0.3) is 23.6 Å². The number of ether oxygens (including phenoxy) is 8. The molecule has 16 aromatic rings. The smallest absolute Gasteiger partial charge is 0.417 e. The van der Waals surface area contributed by atoms with Crippen LogP contribution in [0.15, 0.2) is 267 Å². The number of anilines is 4. The number of aromatic nitrogens is 8. The molecule has 4 aromatic heterocycles. The number of aliphatic hydroxyl groups is 1. The second-order valence-corrected chi connectivity index (χ2v) is 30.4. The fourth-order valence-corrected chi connectivity index (χ4v) is 13.2. The summed E-state index contributed by atoms with van der Waals surface area (Å²) in [5.41, 5.74) is 6.80. The van der Waals surface area contributed by atoms with Crippen molar-refractivity contribution < 1.29 is 115 Å². The molecule has 0 aliphatic carbocycles. The average molecular weight is 1990 g/mol. The number of aliphatic hydroxyl groups excluding tert-OH is 1. The van der Waals surface area contributed by atoms with E-state index < -0.39 is 90.7 Å². The Bertz CT molecular complexity index is 7000. The second-order valence-electron chi connectivity index (χ2n) is 28.7. The van der Waals surface area contributed by atoms with Crippen molar-refractivity contribution in [2.75, 3.05) is 68.0 Å². The number of halogens is 16. The number of hydrogen-bond acceptors (Lipinski definition) is 23. The molecule has 0 spiro atoms. The van der Waals surface area contributed by atoms with E-state index >= 15 is 0 Å². The van der Waals surface area contributed by atoms with Crippen LogP contribution in [0.2, 0.25) is 20.1 Å². The highest BCUT2D eigenvalue weighted by atomic mass is 35.5. The van der Waals surface area contributed by atoms with E-state index in [4.69, 9.17) is 100 Å². The Balaban J connectivity index is 0.000000156. The maximum absolute atomic E-state index is 13.1. The zero-order valence-electron chi connectivity index (χ0n) is 71.1. The number of carbonyl (C=O) groups is 4. The molecule has 0 radical (unpaired) electrons. The van der Waals surface area contributed by atoms with E-state index in [9.17, 15) is 71.9 Å². The van der Waals surface area contributed by atoms with E-state index in [1.165, 1.54) is 49.1 Å². The number of nitrogens with one attached hydrogen (secondary N) is 4. The molecule has 0 aliphatic heterocycles. The highest BCUT2D eigenvalue weighted by Gasteiger charge is 2.38. The van der Waals surface area contributed by atoms with Crippen LogP contribution >= 0.6 is 46.4 Å². The zero-order chi connectivity index (χ0) is 99.3. The molecule has 12 aromatic carbocycles. The number of benzene rings is 12. The van der Waals surface area contributed by atoms with Crippen LogP contribution in [0, 0.1) is 11.3 Å². The molecule has 0 unspecified atom stereocenters. The van der Waals surface area contributed by atoms with Gasteiger partial charge < -0.3 is 70.0 Å². The van der Waals surface area contributed by atoms with Gasteiger partial charge in [-0.25, -0.2) is 34.9 Å². The van der Waals surface area contributed by atoms with Crippen molar-refractivity contribution in [1.29, 1.82) is 5.26 Å². The summed E-state index contributed by atoms with van der Waals surface area (Å²) in [6.07, 6.45) is -12.8. The van der Waals surface area contributed by atoms with Crippen LogP contribution in [0.3, 0.4) is 0 Å². The van der Waals surface area contributed by atoms with Crippen molar-refractivity contribution in [3.05, 3.63) is 338 Å². The topological polar surface area (TPSA) is 363 Å². The molecule has 43 heteroatoms. The Kier molecular flexibility index (Phi) is 32.7. The Morgan fingerprint density at radius 3 is 0.835 bits per heavy atom. The minimum Gasteiger partial charge on any atom is -0.475 e. The molecule has 4 heterocycles. The number of nitriles is 1. The molecule has 0 bridgehead atoms. The predicted molar refractivity (Wildman–Crippen MR) is 491 cm³/mol. The number of alkyl halides is 12. The Morgan fingerprint density at radius 1 is 0.331 bits per heavy atom. The maximum Gasteiger partial charge on any atom is 0.417 e. The lowest BCUT2D eigenvalue weighted by atomic mass is 10.1. The summed E-state index contributed by atoms with van der Waals surface area (Å²) in [6.45, 7) is 1.40. The lowest BCUT2D eigenvalue weighted by molar-refractivity contribution is -0.138. The number of nitrogens with two attached hydrogens (primary N) is 1. The fourth-order valence-electron chi connectivity index (χ4n) is 12.3. The highest BCUT2D eigenvalue weighted by Crippen LogP contribution is 2.41. The van der Waals surface area contributed by atoms with Crippen molar-refractivity contribution in [3.63, 3.8) is 0 Å². The third-order valence-corrected chi connectivity index (χ3v) is 20.2. The molecule has 0 atom stereocenters. The molecule has 0 aliphatic rings. The molecule has 4 amide bonds. The molecule has 139 heavy (non-hydrogen) atoms. The standard InChI is InChI=1S/C25H19ClF3N3O4.C24H18ClF3N4O3.C24H17ClF3N3O4.C23H12ClF3N4O2/c1-34-10-11-35-23-14-30-21-9-7-18(13-22(21)32-23)36-17-5-3-16(4-6-17)31-24(33)15-2-8-20(26)19(12-15)25(27,28)29;25-19-7-1-14(11-18(19)24(26,27)28)23(33)31-15-2-4-16(5-3-15)35-17-6-8-20-21(12-17)32-22(13-30-20)34-10-9-29;25-19-7-1-14(11-18(19)24(26,27)28)23(33)30-15-2-4-16(5-3-15)35-17-6-8-20-21(12-17)31-22(13-29-20)34-10-9-32;24-19-7-1-13(9-18(19)23(25,26)27)22(32)31-14-2-4-16(5-3-14)33-17-6-8-20-21(10-17)30-15(11-28)12-29-20/h2-9,12-14H,10-11H2,1H3,(H,31,33);1-8,11-13H,9-10,29H2,(H,31,33);1-8,11-13,32H,9-10H2,(H,30,33);1-10,12H,(H,31,32). The molecule has 0 fully saturated rings. The lowest BCUT2D eigenvalue weighted by Gasteiger charge is -2.12. The van der Waals surface area contributed by atoms with E-state index in [0.29, 0.717) is 175 Å². The zero-order valence-corrected chi connectivity index (χ0v) is 74.2. The first-order chi connectivity index (χ1) is 66.4. The van der Waals surface area contributed by atoms with Crippen LogP contribution in [-0.2, 0) is 29.4 Å². The molecule has 16 rings (SSSR count). The van der Waals surface area contributed by atoms with Crippen LogP contribution in [-0.4, -0.2) is 115 Å². The van der Waals surface area contributed by atoms with Gasteiger partial charge in [0.15, 0.2) is 5.69 Å². The minimum atomic E-state index is -4.67. The van der Waals surface area contributed by atoms with Gasteiger partial charge in [-0.1, -0.05) is 46.4 Å². The molecular formula is C96H66Cl4F12N14O13. The molecule has 0 saturated carbocycles. The summed E-state index contributed by atoms with van der Waals surface area (Å²) in [5.74, 6) is 1.92. The summed E-state index contributed by atoms with van der Waals surface area (Å²) < 4.78 is 201. The predicted octanol–water partition coefficient (Wildman–Crippen LogP) is 24.0. The summed E-state index contributed by atoms with van der Waals surface area (Å²) in [5, 5.41) is 26.1. The van der Waals surface area contributed by atoms with E-state index in [0.717, 1.165) is 24.3 Å². The fraction of sp³-hybridized carbons (Fsp3) is 0.115. The molecule has 27 nitrogen and oxygen atoms in total. The quantitative estimate of drug-likeness (QED) is 0.0217. The average Bonchev–Trinajstić information content (AvgIpc) is 0.796. The first-order valence-corrected chi connectivity index (χ1v) is 41.9. The Hall–Kier alpha value is -15.8. The van der Waals surface area contributed by atoms with E-state index in [1.807, 2.05) is 6.07 Å². The largest absolute Gasteiger partial charge is 0.475 e. The molecule has 710 valence electrons. The number of carbonyl (C=O) groups excluding carboxylic acids is 4. The van der Waals surface area contributed by atoms with Crippen molar-refractivity contribution in [1.82, 2.24) is 39.9 Å². The van der Waals surface area contributed by atoms with Gasteiger partial charge in [-0.2, -0.15) is 57.9 Å². The van der Waals surface area contributed by atoms with E-state index in [1.54, 1.807) is 177 Å². The molecule has 0 saturated heterocycles. The van der Waals surface area contributed by atoms with Gasteiger partial charge in [0.2, 0.25) is 17.6 Å². The minimum absolute atomic E-state index is 0.0980. The van der Waals surface area contributed by atoms with Gasteiger partial charge in [-0.05, 0) is 218 Å². The van der Waals surface area contributed by atoms with Gasteiger partial charge in [0.1, 0.15) is 71.9 Å². The third kappa shape index (κ3) is 28.0. The van der Waals surface area contributed by atoms with Crippen LogP contribution < -0.4 is 60.2 Å². The van der Waals surface area contributed by atoms with E-state index in [-0.39, 0.29) is 47.0 Å². The number of fused-ring (bicyclic) bond motifs is 4. The maximum atomic E-state index is 13.1. The second kappa shape index (κ2) is 45.2. The number of hydrogen-bond donors (Lipinski definition) is 6. The molecule has 7 N–H and O–H groups in total. The Labute approximate surface area is 798 Å².